The number of nitrogens with one attached hydrogen (secondary N) is 1. The molecule has 1 N–H and O–H groups in total. The standard InChI is InChI=1S/C4H4ClN2O/c5-4-3-6-1-2-7(4)8/h1-3H,(H,6,8)/q+1. The average molecular weight is 132 g/mol. The number of nitrogens with zero attached hydrogens (tertiary/aromatic N) is 1. The first kappa shape index (κ1) is 5.31. The maximum Gasteiger partial charge on any atom is 0.346 e. The highest BCUT2D eigenvalue weighted by Gasteiger charge is 1.97. The van der Waals surface area contributed by atoms with Gasteiger partial charge >= 0.3 is 5.15 Å². The number of H-pyrrole nitrogens is 1. The van der Waals surface area contributed by atoms with Crippen molar-refractivity contribution in [3.63, 3.8) is 0 Å². The molecule has 8 heavy (non-hydrogen) atoms. The Morgan fingerprint density at radius 1 is 1.75 bits per heavy atom. The van der Waals surface area contributed by atoms with E-state index in [1.165, 1.54) is 18.6 Å². The van der Waals surface area contributed by atoms with Gasteiger partial charge in [-0.15, -0.1) is 0 Å². The molecule has 0 atom stereocenters. The van der Waals surface area contributed by atoms with Crippen LogP contribution in [0.3, 0.4) is 0 Å². The Bertz CT molecular complexity index is 231. The normalized spacial score (nSPS) is 9.12. The number of hydrogen-bond acceptors (Lipinski definition) is 1. The van der Waals surface area contributed by atoms with Gasteiger partial charge in [-0.1, -0.05) is 0 Å². The molecule has 42 valence electrons. The minimum Gasteiger partial charge on any atom is -0.356 e. The summed E-state index contributed by atoms with van der Waals surface area (Å²) in [4.78, 5) is 13.0. The fourth-order valence-corrected chi connectivity index (χ4v) is 0.482. The lowest BCUT2D eigenvalue weighted by atomic mass is 10.8. The number of aromatic nitrogens is 2. The van der Waals surface area contributed by atoms with Crippen molar-refractivity contribution in [1.29, 1.82) is 0 Å². The van der Waals surface area contributed by atoms with Crippen LogP contribution < -0.4 is 4.43 Å². The molecule has 0 aliphatic carbocycles. The molecule has 0 saturated heterocycles. The molecule has 3 nitrogen and oxygen atoms in total. The van der Waals surface area contributed by atoms with E-state index in [1.54, 1.807) is 0 Å². The summed E-state index contributed by atoms with van der Waals surface area (Å²) in [6.07, 6.45) is 4.20. The van der Waals surface area contributed by atoms with Gasteiger partial charge in [-0.3, -0.25) is 0 Å². The summed E-state index contributed by atoms with van der Waals surface area (Å²) in [5, 5.41) is 0.146. The lowest BCUT2D eigenvalue weighted by Crippen LogP contribution is -2.13. The summed E-state index contributed by atoms with van der Waals surface area (Å²) in [6, 6.07) is 0. The van der Waals surface area contributed by atoms with Crippen LogP contribution in [0.5, 0.6) is 0 Å². The van der Waals surface area contributed by atoms with Gasteiger partial charge in [0.05, 0.1) is 16.8 Å². The molecule has 0 aliphatic heterocycles. The van der Waals surface area contributed by atoms with Crippen molar-refractivity contribution in [1.82, 2.24) is 4.98 Å². The fraction of sp³-hybridized carbons (Fsp3) is 0. The van der Waals surface area contributed by atoms with E-state index in [2.05, 4.69) is 4.98 Å². The van der Waals surface area contributed by atoms with E-state index in [-0.39, 0.29) is 5.15 Å². The predicted molar refractivity (Wildman–Crippen MR) is 29.2 cm³/mol. The molecule has 0 saturated carbocycles. The minimum atomic E-state index is 0.146. The van der Waals surface area contributed by atoms with Gasteiger partial charge in [0.15, 0.2) is 0 Å². The monoisotopic (exact) mass is 131 g/mol. The Balaban J connectivity index is 3.35. The molecule has 1 aromatic rings. The highest BCUT2D eigenvalue weighted by atomic mass is 35.5. The van der Waals surface area contributed by atoms with Crippen LogP contribution in [-0.4, -0.2) is 4.98 Å². The highest BCUT2D eigenvalue weighted by Crippen LogP contribution is 1.91. The van der Waals surface area contributed by atoms with E-state index < -0.39 is 0 Å². The second-order valence-corrected chi connectivity index (χ2v) is 1.66. The molecule has 0 unspecified atom stereocenters. The van der Waals surface area contributed by atoms with E-state index in [1.807, 2.05) is 0 Å². The van der Waals surface area contributed by atoms with Crippen molar-refractivity contribution in [3.05, 3.63) is 28.7 Å². The van der Waals surface area contributed by atoms with Gasteiger partial charge in [0.1, 0.15) is 0 Å². The Labute approximate surface area is 50.5 Å². The van der Waals surface area contributed by atoms with Crippen LogP contribution >= 0.6 is 11.6 Å². The van der Waals surface area contributed by atoms with Crippen LogP contribution in [0.2, 0.25) is 5.15 Å². The zero-order chi connectivity index (χ0) is 5.98. The molecular formula is C4H4ClN2O+. The van der Waals surface area contributed by atoms with Gasteiger partial charge in [0.2, 0.25) is 6.20 Å². The van der Waals surface area contributed by atoms with Gasteiger partial charge in [-0.05, 0) is 11.6 Å². The quantitative estimate of drug-likeness (QED) is 0.514. The van der Waals surface area contributed by atoms with Crippen molar-refractivity contribution in [2.75, 3.05) is 0 Å². The Hall–Kier alpha value is -0.830. The van der Waals surface area contributed by atoms with Gasteiger partial charge in [0, 0.05) is 4.91 Å². The third-order valence-corrected chi connectivity index (χ3v) is 0.995. The predicted octanol–water partition coefficient (Wildman–Crippen LogP) is 0.583. The average Bonchev–Trinajstić information content (AvgIpc) is 1.77. The van der Waals surface area contributed by atoms with Gasteiger partial charge in [-0.25, -0.2) is 0 Å². The van der Waals surface area contributed by atoms with E-state index in [0.29, 0.717) is 4.43 Å². The van der Waals surface area contributed by atoms with Crippen molar-refractivity contribution >= 4 is 11.6 Å². The zero-order valence-corrected chi connectivity index (χ0v) is 4.72. The van der Waals surface area contributed by atoms with Crippen molar-refractivity contribution in [2.24, 2.45) is 0 Å². The highest BCUT2D eigenvalue weighted by molar-refractivity contribution is 6.28. The first-order valence-corrected chi connectivity index (χ1v) is 2.43. The fourth-order valence-electron chi connectivity index (χ4n) is 0.362. The summed E-state index contributed by atoms with van der Waals surface area (Å²) in [5.41, 5.74) is 0. The van der Waals surface area contributed by atoms with Gasteiger partial charge < -0.3 is 4.98 Å². The molecular weight excluding hydrogens is 128 g/mol. The maximum absolute atomic E-state index is 10.4. The second kappa shape index (κ2) is 1.96. The van der Waals surface area contributed by atoms with Crippen LogP contribution in [-0.2, 0) is 0 Å². The first-order chi connectivity index (χ1) is 3.80. The number of halogens is 1. The number of aromatic amines is 1. The third-order valence-electron chi connectivity index (χ3n) is 0.719. The van der Waals surface area contributed by atoms with Crippen molar-refractivity contribution in [2.45, 2.75) is 0 Å². The van der Waals surface area contributed by atoms with Crippen LogP contribution in [0, 0.1) is 4.91 Å². The molecule has 0 aromatic carbocycles. The zero-order valence-electron chi connectivity index (χ0n) is 3.97. The summed E-state index contributed by atoms with van der Waals surface area (Å²) in [6.45, 7) is 0. The molecule has 0 bridgehead atoms. The first-order valence-electron chi connectivity index (χ1n) is 2.05. The van der Waals surface area contributed by atoms with E-state index in [9.17, 15) is 4.91 Å². The smallest absolute Gasteiger partial charge is 0.346 e. The third kappa shape index (κ3) is 0.869. The number of rotatable bonds is 0. The topological polar surface area (TPSA) is 38.8 Å². The van der Waals surface area contributed by atoms with Crippen LogP contribution in [0.1, 0.15) is 0 Å². The number of hydrogen-bond donors (Lipinski definition) is 1. The lowest BCUT2D eigenvalue weighted by molar-refractivity contribution is -0.492. The van der Waals surface area contributed by atoms with Gasteiger partial charge in [0.25, 0.3) is 0 Å². The molecule has 0 fully saturated rings. The van der Waals surface area contributed by atoms with Crippen LogP contribution in [0.4, 0.5) is 0 Å². The molecule has 1 heterocycles. The molecule has 0 aliphatic rings. The molecule has 4 heteroatoms. The Morgan fingerprint density at radius 2 is 2.50 bits per heavy atom. The lowest BCUT2D eigenvalue weighted by Gasteiger charge is -1.72. The summed E-state index contributed by atoms with van der Waals surface area (Å²) in [7, 11) is 0. The molecule has 0 spiro atoms. The van der Waals surface area contributed by atoms with E-state index >= 15 is 0 Å². The Morgan fingerprint density at radius 3 is 2.88 bits per heavy atom. The van der Waals surface area contributed by atoms with Crippen LogP contribution in [0.15, 0.2) is 18.6 Å². The SMILES string of the molecule is O=[n+]1cc[nH]cc1Cl. The van der Waals surface area contributed by atoms with E-state index in [4.69, 9.17) is 11.6 Å². The van der Waals surface area contributed by atoms with Crippen LogP contribution in [0.25, 0.3) is 0 Å². The van der Waals surface area contributed by atoms with Crippen molar-refractivity contribution in [3.8, 4) is 0 Å². The van der Waals surface area contributed by atoms with E-state index in [0.717, 1.165) is 0 Å². The summed E-state index contributed by atoms with van der Waals surface area (Å²) in [5.74, 6) is 0. The molecule has 1 aromatic heterocycles. The summed E-state index contributed by atoms with van der Waals surface area (Å²) < 4.78 is 0.568. The van der Waals surface area contributed by atoms with Crippen molar-refractivity contribution < 1.29 is 4.43 Å². The largest absolute Gasteiger partial charge is 0.356 e. The Kier molecular flexibility index (Phi) is 1.30. The second-order valence-electron chi connectivity index (χ2n) is 1.28. The molecule has 1 rings (SSSR count). The summed E-state index contributed by atoms with van der Waals surface area (Å²) >= 11 is 5.33. The van der Waals surface area contributed by atoms with Gasteiger partial charge in [-0.2, -0.15) is 0 Å². The maximum atomic E-state index is 10.4. The minimum absolute atomic E-state index is 0.146. The molecule has 0 radical (unpaired) electrons. The molecule has 0 amide bonds.